The number of carbonyl (C=O) groups excluding carboxylic acids is 3. The Labute approximate surface area is 243 Å². The lowest BCUT2D eigenvalue weighted by Crippen LogP contribution is -2.51. The molecule has 1 saturated heterocycles. The first-order valence-corrected chi connectivity index (χ1v) is 15.4. The number of piperidine rings is 1. The third kappa shape index (κ3) is 9.37. The van der Waals surface area contributed by atoms with Gasteiger partial charge in [-0.3, -0.25) is 14.4 Å². The van der Waals surface area contributed by atoms with E-state index in [1.807, 2.05) is 31.2 Å². The second-order valence-electron chi connectivity index (χ2n) is 10.1. The summed E-state index contributed by atoms with van der Waals surface area (Å²) in [4.78, 5) is 41.8. The van der Waals surface area contributed by atoms with Gasteiger partial charge in [-0.1, -0.05) is 48.0 Å². The molecular weight excluding hydrogens is 546 g/mol. The molecule has 2 amide bonds. The van der Waals surface area contributed by atoms with Crippen LogP contribution < -0.4 is 0 Å². The smallest absolute Gasteiger partial charge is 0.306 e. The highest BCUT2D eigenvalue weighted by Crippen LogP contribution is 2.22. The highest BCUT2D eigenvalue weighted by molar-refractivity contribution is 7.89. The molecule has 1 aliphatic rings. The van der Waals surface area contributed by atoms with E-state index in [1.165, 1.54) is 23.5 Å². The van der Waals surface area contributed by atoms with E-state index in [4.69, 9.17) is 9.47 Å². The first-order valence-electron chi connectivity index (χ1n) is 14.0. The standard InChI is InChI=1S/C30H41N3O7S/c1-4-40-30(36)15-14-28(34)31-18-16-26(17-19-31)33(22-25-12-10-24(2)11-13-25)29(35)23-32(20-21-39-3)41(37,38)27-8-6-5-7-9-27/h5-13,26H,4,14-23H2,1-3H3. The average Bonchev–Trinajstić information content (AvgIpc) is 2.98. The number of esters is 1. The fourth-order valence-corrected chi connectivity index (χ4v) is 6.19. The van der Waals surface area contributed by atoms with Gasteiger partial charge in [0.05, 0.1) is 31.1 Å². The zero-order valence-electron chi connectivity index (χ0n) is 24.2. The summed E-state index contributed by atoms with van der Waals surface area (Å²) in [6.07, 6.45) is 1.22. The summed E-state index contributed by atoms with van der Waals surface area (Å²) in [5.74, 6) is -0.824. The number of nitrogens with zero attached hydrogens (tertiary/aromatic N) is 3. The van der Waals surface area contributed by atoms with Gasteiger partial charge in [0.2, 0.25) is 21.8 Å². The molecule has 1 aliphatic heterocycles. The lowest BCUT2D eigenvalue weighted by molar-refractivity contribution is -0.146. The van der Waals surface area contributed by atoms with Crippen LogP contribution in [0.5, 0.6) is 0 Å². The number of hydrogen-bond donors (Lipinski definition) is 0. The number of hydrogen-bond acceptors (Lipinski definition) is 7. The minimum atomic E-state index is -3.93. The summed E-state index contributed by atoms with van der Waals surface area (Å²) in [6, 6.07) is 15.8. The van der Waals surface area contributed by atoms with Gasteiger partial charge in [0.25, 0.3) is 0 Å². The Bertz CT molecular complexity index is 1240. The van der Waals surface area contributed by atoms with Crippen molar-refractivity contribution in [2.45, 2.75) is 57.0 Å². The largest absolute Gasteiger partial charge is 0.466 e. The third-order valence-electron chi connectivity index (χ3n) is 7.14. The van der Waals surface area contributed by atoms with E-state index in [0.717, 1.165) is 11.1 Å². The Balaban J connectivity index is 1.76. The van der Waals surface area contributed by atoms with Gasteiger partial charge in [-0.2, -0.15) is 4.31 Å². The van der Waals surface area contributed by atoms with Crippen LogP contribution in [0.3, 0.4) is 0 Å². The molecule has 3 rings (SSSR count). The normalized spacial score (nSPS) is 14.2. The Hall–Kier alpha value is -3.28. The third-order valence-corrected chi connectivity index (χ3v) is 9.00. The average molecular weight is 588 g/mol. The van der Waals surface area contributed by atoms with Crippen molar-refractivity contribution < 1.29 is 32.3 Å². The van der Waals surface area contributed by atoms with Crippen LogP contribution in [0.1, 0.15) is 43.7 Å². The highest BCUT2D eigenvalue weighted by Gasteiger charge is 2.33. The zero-order valence-corrected chi connectivity index (χ0v) is 25.0. The quantitative estimate of drug-likeness (QED) is 0.312. The molecule has 0 aromatic heterocycles. The van der Waals surface area contributed by atoms with Crippen LogP contribution in [-0.2, 0) is 40.4 Å². The number of benzene rings is 2. The summed E-state index contributed by atoms with van der Waals surface area (Å²) >= 11 is 0. The van der Waals surface area contributed by atoms with Crippen LogP contribution >= 0.6 is 0 Å². The van der Waals surface area contributed by atoms with Crippen LogP contribution in [0.15, 0.2) is 59.5 Å². The lowest BCUT2D eigenvalue weighted by atomic mass is 10.0. The van der Waals surface area contributed by atoms with Gasteiger partial charge in [-0.25, -0.2) is 8.42 Å². The molecule has 0 saturated carbocycles. The van der Waals surface area contributed by atoms with E-state index >= 15 is 0 Å². The highest BCUT2D eigenvalue weighted by atomic mass is 32.2. The maximum Gasteiger partial charge on any atom is 0.306 e. The minimum Gasteiger partial charge on any atom is -0.466 e. The summed E-state index contributed by atoms with van der Waals surface area (Å²) in [5, 5.41) is 0. The molecule has 41 heavy (non-hydrogen) atoms. The number of rotatable bonds is 14. The van der Waals surface area contributed by atoms with Gasteiger partial charge in [-0.15, -0.1) is 0 Å². The second kappa shape index (κ2) is 15.6. The Morgan fingerprint density at radius 3 is 2.24 bits per heavy atom. The minimum absolute atomic E-state index is 0.0330. The predicted molar refractivity (Wildman–Crippen MR) is 154 cm³/mol. The van der Waals surface area contributed by atoms with Gasteiger partial charge < -0.3 is 19.3 Å². The van der Waals surface area contributed by atoms with Crippen molar-refractivity contribution in [2.75, 3.05) is 46.5 Å². The fraction of sp³-hybridized carbons (Fsp3) is 0.500. The molecular formula is C30H41N3O7S. The maximum absolute atomic E-state index is 13.9. The van der Waals surface area contributed by atoms with Crippen molar-refractivity contribution in [3.63, 3.8) is 0 Å². The number of likely N-dealkylation sites (tertiary alicyclic amines) is 1. The Morgan fingerprint density at radius 2 is 1.63 bits per heavy atom. The number of sulfonamides is 1. The molecule has 1 heterocycles. The SMILES string of the molecule is CCOC(=O)CCC(=O)N1CCC(N(Cc2ccc(C)cc2)C(=O)CN(CCOC)S(=O)(=O)c2ccccc2)CC1. The van der Waals surface area contributed by atoms with Gasteiger partial charge in [0.15, 0.2) is 0 Å². The molecule has 0 spiro atoms. The second-order valence-corrected chi connectivity index (χ2v) is 12.0. The van der Waals surface area contributed by atoms with Crippen molar-refractivity contribution in [2.24, 2.45) is 0 Å². The van der Waals surface area contributed by atoms with Gasteiger partial charge in [-0.05, 0) is 44.4 Å². The topological polar surface area (TPSA) is 114 Å². The number of ether oxygens (including phenoxy) is 2. The molecule has 2 aromatic rings. The molecule has 0 atom stereocenters. The summed E-state index contributed by atoms with van der Waals surface area (Å²) in [5.41, 5.74) is 2.03. The van der Waals surface area contributed by atoms with Gasteiger partial charge >= 0.3 is 5.97 Å². The van der Waals surface area contributed by atoms with Crippen LogP contribution in [0.25, 0.3) is 0 Å². The number of amides is 2. The van der Waals surface area contributed by atoms with Crippen molar-refractivity contribution in [3.05, 3.63) is 65.7 Å². The molecule has 1 fully saturated rings. The molecule has 224 valence electrons. The number of methoxy groups -OCH3 is 1. The van der Waals surface area contributed by atoms with Crippen molar-refractivity contribution >= 4 is 27.8 Å². The van der Waals surface area contributed by atoms with Crippen LogP contribution in [-0.4, -0.2) is 92.9 Å². The predicted octanol–water partition coefficient (Wildman–Crippen LogP) is 3.00. The molecule has 0 bridgehead atoms. The Kier molecular flexibility index (Phi) is 12.3. The van der Waals surface area contributed by atoms with E-state index in [0.29, 0.717) is 32.5 Å². The van der Waals surface area contributed by atoms with E-state index in [1.54, 1.807) is 34.9 Å². The molecule has 10 nitrogen and oxygen atoms in total. The number of aryl methyl sites for hydroxylation is 1. The van der Waals surface area contributed by atoms with Crippen molar-refractivity contribution in [1.29, 1.82) is 0 Å². The maximum atomic E-state index is 13.9. The fourth-order valence-electron chi connectivity index (χ4n) is 4.80. The van der Waals surface area contributed by atoms with E-state index in [-0.39, 0.29) is 61.9 Å². The van der Waals surface area contributed by atoms with Crippen LogP contribution in [0, 0.1) is 6.92 Å². The lowest BCUT2D eigenvalue weighted by Gasteiger charge is -2.39. The Morgan fingerprint density at radius 1 is 0.976 bits per heavy atom. The summed E-state index contributed by atoms with van der Waals surface area (Å²) < 4.78 is 38.2. The molecule has 0 unspecified atom stereocenters. The molecule has 0 aliphatic carbocycles. The van der Waals surface area contributed by atoms with Crippen molar-refractivity contribution in [1.82, 2.24) is 14.1 Å². The van der Waals surface area contributed by atoms with E-state index < -0.39 is 16.0 Å². The van der Waals surface area contributed by atoms with Gasteiger partial charge in [0, 0.05) is 45.8 Å². The summed E-state index contributed by atoms with van der Waals surface area (Å²) in [6.45, 7) is 5.05. The van der Waals surface area contributed by atoms with E-state index in [2.05, 4.69) is 0 Å². The van der Waals surface area contributed by atoms with Crippen LogP contribution in [0.4, 0.5) is 0 Å². The monoisotopic (exact) mass is 587 g/mol. The molecule has 0 N–H and O–H groups in total. The summed E-state index contributed by atoms with van der Waals surface area (Å²) in [7, 11) is -2.45. The van der Waals surface area contributed by atoms with E-state index in [9.17, 15) is 22.8 Å². The molecule has 0 radical (unpaired) electrons. The molecule has 11 heteroatoms. The van der Waals surface area contributed by atoms with Crippen molar-refractivity contribution in [3.8, 4) is 0 Å². The first kappa shape index (κ1) is 32.2. The number of carbonyl (C=O) groups is 3. The van der Waals surface area contributed by atoms with Gasteiger partial charge in [0.1, 0.15) is 0 Å². The zero-order chi connectivity index (χ0) is 29.8. The van der Waals surface area contributed by atoms with Crippen LogP contribution in [0.2, 0.25) is 0 Å². The molecule has 2 aromatic carbocycles. The first-order chi connectivity index (χ1) is 19.6.